The van der Waals surface area contributed by atoms with Crippen molar-refractivity contribution in [3.63, 3.8) is 0 Å². The summed E-state index contributed by atoms with van der Waals surface area (Å²) in [7, 11) is 3.23. The summed E-state index contributed by atoms with van der Waals surface area (Å²) in [6, 6.07) is 14.9. The van der Waals surface area contributed by atoms with E-state index in [0.717, 1.165) is 5.30 Å². The third kappa shape index (κ3) is 4.12. The van der Waals surface area contributed by atoms with Gasteiger partial charge in [-0.3, -0.25) is 4.79 Å². The maximum atomic E-state index is 12.3. The first-order valence-corrected chi connectivity index (χ1v) is 6.83. The molecule has 0 aliphatic carbocycles. The van der Waals surface area contributed by atoms with E-state index < -0.39 is 0 Å². The van der Waals surface area contributed by atoms with Crippen LogP contribution in [0.5, 0.6) is 11.5 Å². The molecule has 2 aromatic rings. The normalized spacial score (nSPS) is 10.1. The Morgan fingerprint density at radius 1 is 1.00 bits per heavy atom. The van der Waals surface area contributed by atoms with Crippen LogP contribution in [0.25, 0.3) is 0 Å². The van der Waals surface area contributed by atoms with Crippen LogP contribution in [0.3, 0.4) is 0 Å². The summed E-state index contributed by atoms with van der Waals surface area (Å²) in [5.41, 5.74) is 0.649. The van der Waals surface area contributed by atoms with E-state index in [1.165, 1.54) is 0 Å². The summed E-state index contributed by atoms with van der Waals surface area (Å²) in [5.74, 6) is 1.23. The second kappa shape index (κ2) is 8.12. The number of rotatable bonds is 5. The molecule has 3 nitrogen and oxygen atoms in total. The molecule has 5 heteroatoms. The molecule has 0 amide bonds. The molecule has 0 aliphatic heterocycles. The molecule has 0 fully saturated rings. The molecule has 0 heterocycles. The van der Waals surface area contributed by atoms with Gasteiger partial charge in [-0.05, 0) is 26.0 Å². The van der Waals surface area contributed by atoms with Gasteiger partial charge < -0.3 is 9.47 Å². The van der Waals surface area contributed by atoms with Crippen LogP contribution in [0.2, 0.25) is 0 Å². The van der Waals surface area contributed by atoms with Crippen molar-refractivity contribution in [3.05, 3.63) is 54.1 Å². The van der Waals surface area contributed by atoms with Crippen LogP contribution in [0, 0.1) is 0 Å². The predicted octanol–water partition coefficient (Wildman–Crippen LogP) is 2.20. The van der Waals surface area contributed by atoms with E-state index in [0.29, 0.717) is 17.1 Å². The van der Waals surface area contributed by atoms with Gasteiger partial charge in [-0.25, -0.2) is 0 Å². The molecule has 0 aliphatic rings. The van der Waals surface area contributed by atoms with E-state index in [-0.39, 0.29) is 33.0 Å². The molecule has 0 spiro atoms. The number of hydrogen-bond acceptors (Lipinski definition) is 3. The predicted molar refractivity (Wildman–Crippen MR) is 85.4 cm³/mol. The van der Waals surface area contributed by atoms with Gasteiger partial charge in [-0.15, -0.1) is 0 Å². The second-order valence-electron chi connectivity index (χ2n) is 3.89. The molecule has 0 saturated carbocycles. The van der Waals surface area contributed by atoms with Gasteiger partial charge in [-0.1, -0.05) is 30.3 Å². The fraction of sp³-hybridized carbons (Fsp3) is 0.133. The van der Waals surface area contributed by atoms with Crippen LogP contribution in [-0.4, -0.2) is 38.6 Å². The fourth-order valence-electron chi connectivity index (χ4n) is 1.71. The molecule has 20 heavy (non-hydrogen) atoms. The Bertz CT molecular complexity index is 573. The van der Waals surface area contributed by atoms with Crippen molar-refractivity contribution in [1.82, 2.24) is 0 Å². The summed E-state index contributed by atoms with van der Waals surface area (Å²) in [4.78, 5) is 12.3. The summed E-state index contributed by atoms with van der Waals surface area (Å²) in [6.45, 7) is 0. The Labute approximate surface area is 132 Å². The van der Waals surface area contributed by atoms with Gasteiger partial charge in [0.2, 0.25) is 0 Å². The summed E-state index contributed by atoms with van der Waals surface area (Å²) in [6.07, 6.45) is 0. The van der Waals surface area contributed by atoms with Crippen molar-refractivity contribution in [2.75, 3.05) is 14.2 Å². The zero-order valence-corrected chi connectivity index (χ0v) is 11.8. The van der Waals surface area contributed by atoms with E-state index >= 15 is 0 Å². The number of carbonyl (C=O) groups is 1. The number of carbonyl (C=O) groups excluding carboxylic acids is 1. The van der Waals surface area contributed by atoms with Gasteiger partial charge >= 0.3 is 18.9 Å². The Kier molecular flexibility index (Phi) is 6.82. The average Bonchev–Trinajstić information content (AvgIpc) is 2.47. The second-order valence-corrected chi connectivity index (χ2v) is 5.17. The van der Waals surface area contributed by atoms with E-state index in [1.54, 1.807) is 32.4 Å². The molecular weight excluding hydrogens is 266 g/mol. The molecule has 2 aromatic carbocycles. The standard InChI is InChI=1S/C15H15O3P.Li.H/c1-17-11-8-9-13(14(10-11)18-2)15(16)19-12-6-4-3-5-7-12;;/h3-10,19H,1-2H3;;. The van der Waals surface area contributed by atoms with Gasteiger partial charge in [-0.2, -0.15) is 0 Å². The van der Waals surface area contributed by atoms with E-state index in [1.807, 2.05) is 30.3 Å². The van der Waals surface area contributed by atoms with Crippen molar-refractivity contribution in [1.29, 1.82) is 0 Å². The minimum atomic E-state index is 0. The number of methoxy groups -OCH3 is 2. The Hall–Kier alpha value is -1.26. The average molecular weight is 282 g/mol. The van der Waals surface area contributed by atoms with Gasteiger partial charge in [0.1, 0.15) is 11.5 Å². The molecule has 0 radical (unpaired) electrons. The van der Waals surface area contributed by atoms with Crippen molar-refractivity contribution in [3.8, 4) is 11.5 Å². The minimum absolute atomic E-state index is 0. The molecule has 1 unspecified atom stereocenters. The van der Waals surface area contributed by atoms with Crippen LogP contribution in [0.15, 0.2) is 48.5 Å². The van der Waals surface area contributed by atoms with E-state index in [2.05, 4.69) is 0 Å². The number of ether oxygens (including phenoxy) is 2. The molecule has 0 aromatic heterocycles. The van der Waals surface area contributed by atoms with E-state index in [9.17, 15) is 4.79 Å². The Morgan fingerprint density at radius 2 is 1.70 bits per heavy atom. The summed E-state index contributed by atoms with van der Waals surface area (Å²) in [5, 5.41) is 1.02. The quantitative estimate of drug-likeness (QED) is 0.623. The Morgan fingerprint density at radius 3 is 2.30 bits per heavy atom. The fourth-order valence-corrected chi connectivity index (χ4v) is 2.67. The third-order valence-electron chi connectivity index (χ3n) is 2.68. The molecule has 0 saturated heterocycles. The van der Waals surface area contributed by atoms with Crippen molar-refractivity contribution >= 4 is 38.3 Å². The molecular formula is C15H16LiO3P. The first-order valence-electron chi connectivity index (χ1n) is 5.83. The van der Waals surface area contributed by atoms with E-state index in [4.69, 9.17) is 9.47 Å². The van der Waals surface area contributed by atoms with Crippen LogP contribution in [0.1, 0.15) is 10.4 Å². The van der Waals surface area contributed by atoms with Crippen molar-refractivity contribution < 1.29 is 14.3 Å². The third-order valence-corrected chi connectivity index (χ3v) is 3.80. The maximum absolute atomic E-state index is 12.3. The zero-order chi connectivity index (χ0) is 13.7. The van der Waals surface area contributed by atoms with Gasteiger partial charge in [0.05, 0.1) is 19.8 Å². The topological polar surface area (TPSA) is 35.5 Å². The molecule has 1 atom stereocenters. The van der Waals surface area contributed by atoms with Crippen LogP contribution in [-0.2, 0) is 0 Å². The zero-order valence-electron chi connectivity index (χ0n) is 10.8. The number of hydrogen-bond donors (Lipinski definition) is 0. The Balaban J connectivity index is 0.00000200. The van der Waals surface area contributed by atoms with Gasteiger partial charge in [0.15, 0.2) is 5.52 Å². The van der Waals surface area contributed by atoms with Gasteiger partial charge in [0.25, 0.3) is 0 Å². The van der Waals surface area contributed by atoms with Crippen LogP contribution in [0.4, 0.5) is 0 Å². The van der Waals surface area contributed by atoms with Gasteiger partial charge in [0, 0.05) is 6.07 Å². The molecule has 0 bridgehead atoms. The number of benzene rings is 2. The van der Waals surface area contributed by atoms with Crippen molar-refractivity contribution in [2.24, 2.45) is 0 Å². The molecule has 0 N–H and O–H groups in total. The monoisotopic (exact) mass is 282 g/mol. The van der Waals surface area contributed by atoms with Crippen molar-refractivity contribution in [2.45, 2.75) is 0 Å². The first-order chi connectivity index (χ1) is 9.24. The molecule has 2 rings (SSSR count). The SMILES string of the molecule is COc1ccc(C(=O)Pc2ccccc2)c(OC)c1.[LiH]. The first kappa shape index (κ1) is 16.8. The van der Waals surface area contributed by atoms with Crippen LogP contribution < -0.4 is 14.8 Å². The molecule has 100 valence electrons. The summed E-state index contributed by atoms with van der Waals surface area (Å²) >= 11 is 0. The van der Waals surface area contributed by atoms with Crippen LogP contribution >= 0.6 is 8.58 Å². The summed E-state index contributed by atoms with van der Waals surface area (Å²) < 4.78 is 10.4.